The molecule has 4 heterocycles. The Kier molecular flexibility index (Phi) is 10.6. The van der Waals surface area contributed by atoms with Crippen molar-refractivity contribution < 1.29 is 45.9 Å². The van der Waals surface area contributed by atoms with Gasteiger partial charge in [-0.15, -0.1) is 0 Å². The molecule has 1 aromatic heterocycles. The highest BCUT2D eigenvalue weighted by Gasteiger charge is 2.48. The number of likely N-dealkylation sites (N-methyl/N-ethyl adjacent to an activating group) is 1. The average Bonchev–Trinajstić information content (AvgIpc) is 3.70. The molecule has 262 valence electrons. The van der Waals surface area contributed by atoms with E-state index in [4.69, 9.17) is 14.6 Å². The minimum atomic E-state index is -4.70. The fraction of sp³-hybridized carbons (Fsp3) is 0.424. The molecule has 11 nitrogen and oxygen atoms in total. The van der Waals surface area contributed by atoms with Crippen LogP contribution < -0.4 is 16.0 Å². The van der Waals surface area contributed by atoms with E-state index in [1.54, 1.807) is 11.6 Å². The fourth-order valence-corrected chi connectivity index (χ4v) is 6.51. The maximum Gasteiger partial charge on any atom is 0.416 e. The highest BCUT2D eigenvalue weighted by molar-refractivity contribution is 6.07. The van der Waals surface area contributed by atoms with Gasteiger partial charge in [-0.1, -0.05) is 18.2 Å². The summed E-state index contributed by atoms with van der Waals surface area (Å²) in [6.45, 7) is 2.70. The van der Waals surface area contributed by atoms with Crippen LogP contribution in [0.2, 0.25) is 0 Å². The van der Waals surface area contributed by atoms with Gasteiger partial charge >= 0.3 is 6.18 Å². The Morgan fingerprint density at radius 1 is 1.10 bits per heavy atom. The molecule has 2 fully saturated rings. The Labute approximate surface area is 278 Å². The van der Waals surface area contributed by atoms with Crippen LogP contribution in [0.25, 0.3) is 0 Å². The van der Waals surface area contributed by atoms with Crippen molar-refractivity contribution in [3.05, 3.63) is 82.3 Å². The zero-order valence-corrected chi connectivity index (χ0v) is 26.5. The van der Waals surface area contributed by atoms with E-state index in [9.17, 15) is 36.3 Å². The molecular formula is C33H35F5N6O5. The smallest absolute Gasteiger partial charge is 0.381 e. The predicted molar refractivity (Wildman–Crippen MR) is 166 cm³/mol. The number of hydrogen-bond acceptors (Lipinski definition) is 6. The maximum atomic E-state index is 14.3. The number of benzene rings is 2. The molecule has 49 heavy (non-hydrogen) atoms. The number of hydrogen-bond donors (Lipinski definition) is 2. The third-order valence-corrected chi connectivity index (χ3v) is 8.79. The van der Waals surface area contributed by atoms with Crippen molar-refractivity contribution in [3.8, 4) is 0 Å². The van der Waals surface area contributed by atoms with Gasteiger partial charge in [0.25, 0.3) is 17.7 Å². The van der Waals surface area contributed by atoms with Crippen LogP contribution in [0.1, 0.15) is 75.7 Å². The molecule has 4 amide bonds. The van der Waals surface area contributed by atoms with E-state index >= 15 is 0 Å². The molecule has 0 bridgehead atoms. The number of carbonyl (C=O) groups is 4. The Morgan fingerprint density at radius 3 is 2.37 bits per heavy atom. The van der Waals surface area contributed by atoms with Gasteiger partial charge in [0.15, 0.2) is 5.69 Å². The largest absolute Gasteiger partial charge is 0.416 e. The maximum absolute atomic E-state index is 14.3. The van der Waals surface area contributed by atoms with E-state index in [0.29, 0.717) is 49.1 Å². The van der Waals surface area contributed by atoms with Crippen LogP contribution in [0.3, 0.4) is 0 Å². The summed E-state index contributed by atoms with van der Waals surface area (Å²) < 4.78 is 75.9. The molecule has 2 aromatic carbocycles. The van der Waals surface area contributed by atoms with Crippen molar-refractivity contribution in [2.75, 3.05) is 37.7 Å². The Hall–Kier alpha value is -4.86. The Morgan fingerprint density at radius 2 is 1.78 bits per heavy atom. The van der Waals surface area contributed by atoms with Crippen LogP contribution in [-0.2, 0) is 20.5 Å². The quantitative estimate of drug-likeness (QED) is 0.297. The number of rotatable bonds is 6. The minimum Gasteiger partial charge on any atom is -0.381 e. The van der Waals surface area contributed by atoms with E-state index in [-0.39, 0.29) is 49.8 Å². The third kappa shape index (κ3) is 7.28. The van der Waals surface area contributed by atoms with Gasteiger partial charge in [-0.25, -0.2) is 13.5 Å². The van der Waals surface area contributed by atoms with E-state index in [0.717, 1.165) is 12.1 Å². The monoisotopic (exact) mass is 690 g/mol. The standard InChI is InChI=1S/C32H32F5N5O4.CH3NO/c1-2-41-29-25(27(30(44)40-13-10-22(34)17-40)39-42(29)23-11-14-46-15-12-23)24(18-6-8-21(33)9-7-18)26(31(41)45)38-28(43)19-4-3-5-20(16-19)32(35,36)37;2-1-3/h3-9,16,22-24,26H,2,10-15,17H2,1H3,(H,38,43);1H,(H2,2,3). The number of primary amides is 1. The molecule has 0 aliphatic carbocycles. The van der Waals surface area contributed by atoms with Gasteiger partial charge in [-0.05, 0) is 62.1 Å². The average molecular weight is 691 g/mol. The molecule has 3 aliphatic heterocycles. The van der Waals surface area contributed by atoms with Crippen LogP contribution in [0, 0.1) is 5.82 Å². The number of carbonyl (C=O) groups excluding carboxylic acids is 4. The third-order valence-electron chi connectivity index (χ3n) is 8.79. The van der Waals surface area contributed by atoms with Crippen LogP contribution in [0.5, 0.6) is 0 Å². The molecule has 3 unspecified atom stereocenters. The molecule has 0 spiro atoms. The lowest BCUT2D eigenvalue weighted by Crippen LogP contribution is -2.56. The molecule has 3 aromatic rings. The number of alkyl halides is 4. The first-order valence-electron chi connectivity index (χ1n) is 15.7. The number of likely N-dealkylation sites (tertiary alicyclic amines) is 1. The summed E-state index contributed by atoms with van der Waals surface area (Å²) in [4.78, 5) is 53.2. The second kappa shape index (κ2) is 14.7. The molecule has 6 rings (SSSR count). The molecule has 3 aliphatic rings. The van der Waals surface area contributed by atoms with Crippen molar-refractivity contribution in [2.45, 2.75) is 56.5 Å². The highest BCUT2D eigenvalue weighted by atomic mass is 19.4. The van der Waals surface area contributed by atoms with E-state index in [1.165, 1.54) is 40.1 Å². The van der Waals surface area contributed by atoms with E-state index < -0.39 is 53.4 Å². The molecule has 0 radical (unpaired) electrons. The number of anilines is 1. The first kappa shape index (κ1) is 35.4. The van der Waals surface area contributed by atoms with Crippen LogP contribution in [-0.4, -0.2) is 83.9 Å². The first-order valence-corrected chi connectivity index (χ1v) is 15.7. The number of aromatic nitrogens is 2. The Balaban J connectivity index is 0.00000151. The fourth-order valence-electron chi connectivity index (χ4n) is 6.51. The first-order chi connectivity index (χ1) is 23.4. The Bertz CT molecular complexity index is 1690. The summed E-state index contributed by atoms with van der Waals surface area (Å²) in [5.41, 5.74) is 3.43. The number of halogens is 5. The summed E-state index contributed by atoms with van der Waals surface area (Å²) in [5.74, 6) is -3.40. The lowest BCUT2D eigenvalue weighted by molar-refractivity contribution is -0.137. The van der Waals surface area contributed by atoms with Gasteiger partial charge < -0.3 is 20.7 Å². The second-order valence-corrected chi connectivity index (χ2v) is 11.8. The number of nitrogens with one attached hydrogen (secondary N) is 1. The van der Waals surface area contributed by atoms with Gasteiger partial charge in [-0.2, -0.15) is 18.3 Å². The number of ether oxygens (including phenoxy) is 1. The second-order valence-electron chi connectivity index (χ2n) is 11.8. The van der Waals surface area contributed by atoms with Gasteiger partial charge in [0, 0.05) is 43.3 Å². The summed E-state index contributed by atoms with van der Waals surface area (Å²) in [5, 5.41) is 7.39. The van der Waals surface area contributed by atoms with Crippen molar-refractivity contribution in [1.82, 2.24) is 20.0 Å². The van der Waals surface area contributed by atoms with E-state index in [1.807, 2.05) is 0 Å². The predicted octanol–water partition coefficient (Wildman–Crippen LogP) is 3.98. The summed E-state index contributed by atoms with van der Waals surface area (Å²) >= 11 is 0. The number of amides is 4. The molecule has 3 N–H and O–H groups in total. The molecule has 2 saturated heterocycles. The van der Waals surface area contributed by atoms with Gasteiger partial charge in [0.2, 0.25) is 6.41 Å². The number of nitrogens with zero attached hydrogens (tertiary/aromatic N) is 4. The molecule has 3 atom stereocenters. The lowest BCUT2D eigenvalue weighted by atomic mass is 9.80. The SMILES string of the molecule is CCN1C(=O)C(NC(=O)c2cccc(C(F)(F)F)c2)C(c2ccc(F)cc2)c2c(C(=O)N3CCC(F)C3)nn(C3CCOCC3)c21.NC=O. The van der Waals surface area contributed by atoms with Gasteiger partial charge in [0.1, 0.15) is 23.8 Å². The number of fused-ring (bicyclic) bond motifs is 1. The molecular weight excluding hydrogens is 655 g/mol. The zero-order chi connectivity index (χ0) is 35.5. The lowest BCUT2D eigenvalue weighted by Gasteiger charge is -2.39. The van der Waals surface area contributed by atoms with Crippen LogP contribution in [0.15, 0.2) is 48.5 Å². The highest BCUT2D eigenvalue weighted by Crippen LogP contribution is 2.45. The van der Waals surface area contributed by atoms with Crippen molar-refractivity contribution in [3.63, 3.8) is 0 Å². The van der Waals surface area contributed by atoms with Crippen molar-refractivity contribution >= 4 is 29.9 Å². The zero-order valence-electron chi connectivity index (χ0n) is 26.5. The van der Waals surface area contributed by atoms with E-state index in [2.05, 4.69) is 11.1 Å². The van der Waals surface area contributed by atoms with Crippen LogP contribution >= 0.6 is 0 Å². The minimum absolute atomic E-state index is 0.0332. The topological polar surface area (TPSA) is 140 Å². The normalized spacial score (nSPS) is 21.1. The molecule has 0 saturated carbocycles. The number of nitrogens with two attached hydrogens (primary N) is 1. The van der Waals surface area contributed by atoms with Crippen molar-refractivity contribution in [1.29, 1.82) is 0 Å². The summed E-state index contributed by atoms with van der Waals surface area (Å²) in [7, 11) is 0. The van der Waals surface area contributed by atoms with Gasteiger partial charge in [-0.3, -0.25) is 24.1 Å². The summed E-state index contributed by atoms with van der Waals surface area (Å²) in [6, 6.07) is 7.37. The van der Waals surface area contributed by atoms with Crippen LogP contribution in [0.4, 0.5) is 27.8 Å². The van der Waals surface area contributed by atoms with Gasteiger partial charge in [0.05, 0.1) is 18.2 Å². The van der Waals surface area contributed by atoms with Crippen molar-refractivity contribution in [2.24, 2.45) is 5.73 Å². The summed E-state index contributed by atoms with van der Waals surface area (Å²) in [6.07, 6.45) is -4.42. The molecule has 16 heteroatoms.